The van der Waals surface area contributed by atoms with Crippen LogP contribution < -0.4 is 10.1 Å². The van der Waals surface area contributed by atoms with E-state index in [1.165, 1.54) is 32.1 Å². The van der Waals surface area contributed by atoms with Crippen LogP contribution in [0.4, 0.5) is 4.79 Å². The van der Waals surface area contributed by atoms with E-state index in [2.05, 4.69) is 5.32 Å². The number of thioether (sulfide) groups is 1. The van der Waals surface area contributed by atoms with Gasteiger partial charge in [-0.1, -0.05) is 30.9 Å². The summed E-state index contributed by atoms with van der Waals surface area (Å²) in [7, 11) is 0. The summed E-state index contributed by atoms with van der Waals surface area (Å²) in [5.74, 6) is 0.991. The van der Waals surface area contributed by atoms with Gasteiger partial charge in [-0.15, -0.1) is 0 Å². The molecular weight excluding hydrogens is 334 g/mol. The van der Waals surface area contributed by atoms with Gasteiger partial charge in [0, 0.05) is 0 Å². The minimum Gasteiger partial charge on any atom is -0.493 e. The number of rotatable bonds is 4. The Labute approximate surface area is 144 Å². The van der Waals surface area contributed by atoms with Gasteiger partial charge in [-0.2, -0.15) is 0 Å². The van der Waals surface area contributed by atoms with Crippen LogP contribution in [0.1, 0.15) is 37.7 Å². The van der Waals surface area contributed by atoms with Gasteiger partial charge in [-0.05, 0) is 60.4 Å². The molecule has 1 saturated heterocycles. The Kier molecular flexibility index (Phi) is 5.28. The molecule has 4 nitrogen and oxygen atoms in total. The van der Waals surface area contributed by atoms with E-state index in [1.54, 1.807) is 12.1 Å². The molecule has 0 atom stereocenters. The van der Waals surface area contributed by atoms with Crippen LogP contribution >= 0.6 is 23.4 Å². The summed E-state index contributed by atoms with van der Waals surface area (Å²) in [4.78, 5) is 23.1. The van der Waals surface area contributed by atoms with E-state index in [-0.39, 0.29) is 11.1 Å². The van der Waals surface area contributed by atoms with Crippen molar-refractivity contribution in [3.63, 3.8) is 0 Å². The van der Waals surface area contributed by atoms with Crippen molar-refractivity contribution in [3.05, 3.63) is 33.7 Å². The Balaban J connectivity index is 1.65. The fourth-order valence-corrected chi connectivity index (χ4v) is 3.74. The molecule has 0 unspecified atom stereocenters. The second-order valence-electron chi connectivity index (χ2n) is 5.85. The van der Waals surface area contributed by atoms with Gasteiger partial charge in [0.2, 0.25) is 0 Å². The van der Waals surface area contributed by atoms with Gasteiger partial charge >= 0.3 is 0 Å². The zero-order valence-corrected chi connectivity index (χ0v) is 14.2. The predicted octanol–water partition coefficient (Wildman–Crippen LogP) is 4.62. The minimum atomic E-state index is -0.381. The van der Waals surface area contributed by atoms with Crippen LogP contribution in [0.5, 0.6) is 5.75 Å². The van der Waals surface area contributed by atoms with Crippen molar-refractivity contribution in [1.29, 1.82) is 0 Å². The molecule has 0 aromatic heterocycles. The first-order valence-corrected chi connectivity index (χ1v) is 8.98. The molecular formula is C17H18ClNO3S. The minimum absolute atomic E-state index is 0.354. The smallest absolute Gasteiger partial charge is 0.290 e. The normalized spacial score (nSPS) is 20.8. The summed E-state index contributed by atoms with van der Waals surface area (Å²) >= 11 is 7.15. The third kappa shape index (κ3) is 4.30. The highest BCUT2D eigenvalue weighted by molar-refractivity contribution is 8.18. The first-order chi connectivity index (χ1) is 11.1. The van der Waals surface area contributed by atoms with E-state index in [9.17, 15) is 9.59 Å². The quantitative estimate of drug-likeness (QED) is 0.804. The van der Waals surface area contributed by atoms with Crippen LogP contribution in [0.3, 0.4) is 0 Å². The molecule has 1 aromatic rings. The highest BCUT2D eigenvalue weighted by Gasteiger charge is 2.25. The molecule has 0 spiro atoms. The number of hydrogen-bond donors (Lipinski definition) is 1. The molecule has 1 aliphatic carbocycles. The summed E-state index contributed by atoms with van der Waals surface area (Å²) in [5.41, 5.74) is 0.698. The zero-order valence-electron chi connectivity index (χ0n) is 12.6. The van der Waals surface area contributed by atoms with Crippen LogP contribution in [0, 0.1) is 5.92 Å². The van der Waals surface area contributed by atoms with Crippen LogP contribution in [0.15, 0.2) is 23.1 Å². The Bertz CT molecular complexity index is 653. The number of nitrogens with one attached hydrogen (secondary N) is 1. The number of ether oxygens (including phenoxy) is 1. The van der Waals surface area contributed by atoms with Crippen LogP contribution in [-0.4, -0.2) is 17.8 Å². The highest BCUT2D eigenvalue weighted by Crippen LogP contribution is 2.31. The molecule has 1 aliphatic heterocycles. The third-order valence-electron chi connectivity index (χ3n) is 4.11. The van der Waals surface area contributed by atoms with E-state index in [1.807, 2.05) is 12.1 Å². The second kappa shape index (κ2) is 7.41. The molecule has 1 heterocycles. The monoisotopic (exact) mass is 351 g/mol. The standard InChI is InChI=1S/C17H18ClNO3S/c18-14-9-13(22-10-11-4-2-1-3-5-11)7-6-12(14)8-15-16(20)19-17(21)23-15/h6-9,11H,1-5,10H2,(H,19,20,21)/b15-8-. The summed E-state index contributed by atoms with van der Waals surface area (Å²) in [6, 6.07) is 5.42. The Hall–Kier alpha value is -1.46. The maximum absolute atomic E-state index is 11.6. The highest BCUT2D eigenvalue weighted by atomic mass is 35.5. The maximum Gasteiger partial charge on any atom is 0.290 e. The molecule has 0 bridgehead atoms. The maximum atomic E-state index is 11.6. The molecule has 122 valence electrons. The second-order valence-corrected chi connectivity index (χ2v) is 7.27. The average Bonchev–Trinajstić information content (AvgIpc) is 2.86. The average molecular weight is 352 g/mol. The van der Waals surface area contributed by atoms with Gasteiger partial charge in [0.1, 0.15) is 5.75 Å². The van der Waals surface area contributed by atoms with Crippen molar-refractivity contribution >= 4 is 40.6 Å². The Morgan fingerprint density at radius 2 is 2.04 bits per heavy atom. The van der Waals surface area contributed by atoms with Crippen molar-refractivity contribution in [2.24, 2.45) is 5.92 Å². The van der Waals surface area contributed by atoms with E-state index in [0.717, 1.165) is 24.1 Å². The molecule has 23 heavy (non-hydrogen) atoms. The van der Waals surface area contributed by atoms with Gasteiger partial charge in [-0.25, -0.2) is 0 Å². The van der Waals surface area contributed by atoms with Crippen LogP contribution in [0.2, 0.25) is 5.02 Å². The number of carbonyl (C=O) groups is 2. The topological polar surface area (TPSA) is 55.4 Å². The lowest BCUT2D eigenvalue weighted by Crippen LogP contribution is -2.17. The molecule has 6 heteroatoms. The van der Waals surface area contributed by atoms with E-state index in [0.29, 0.717) is 21.4 Å². The lowest BCUT2D eigenvalue weighted by molar-refractivity contribution is -0.115. The zero-order chi connectivity index (χ0) is 16.2. The molecule has 1 N–H and O–H groups in total. The van der Waals surface area contributed by atoms with Crippen molar-refractivity contribution in [2.45, 2.75) is 32.1 Å². The van der Waals surface area contributed by atoms with Gasteiger partial charge in [0.15, 0.2) is 0 Å². The SMILES string of the molecule is O=C1NC(=O)/C(=C/c2ccc(OCC3CCCCC3)cc2Cl)S1. The van der Waals surface area contributed by atoms with Crippen molar-refractivity contribution < 1.29 is 14.3 Å². The molecule has 1 aromatic carbocycles. The van der Waals surface area contributed by atoms with E-state index < -0.39 is 0 Å². The molecule has 2 aliphatic rings. The molecule has 2 amide bonds. The number of benzene rings is 1. The van der Waals surface area contributed by atoms with Gasteiger partial charge in [0.05, 0.1) is 16.5 Å². The number of hydrogen-bond acceptors (Lipinski definition) is 4. The predicted molar refractivity (Wildman–Crippen MR) is 92.6 cm³/mol. The summed E-state index contributed by atoms with van der Waals surface area (Å²) in [6.45, 7) is 0.726. The lowest BCUT2D eigenvalue weighted by atomic mass is 9.90. The number of carbonyl (C=O) groups excluding carboxylic acids is 2. The van der Waals surface area contributed by atoms with Gasteiger partial charge in [-0.3, -0.25) is 14.9 Å². The fraction of sp³-hybridized carbons (Fsp3) is 0.412. The fourth-order valence-electron chi connectivity index (χ4n) is 2.84. The van der Waals surface area contributed by atoms with Crippen molar-refractivity contribution in [2.75, 3.05) is 6.61 Å². The summed E-state index contributed by atoms with van der Waals surface area (Å²) in [6.07, 6.45) is 8.01. The summed E-state index contributed by atoms with van der Waals surface area (Å²) < 4.78 is 5.85. The number of amides is 2. The first-order valence-electron chi connectivity index (χ1n) is 7.79. The van der Waals surface area contributed by atoms with E-state index >= 15 is 0 Å². The molecule has 1 saturated carbocycles. The Morgan fingerprint density at radius 3 is 2.70 bits per heavy atom. The van der Waals surface area contributed by atoms with Gasteiger partial charge in [0.25, 0.3) is 11.1 Å². The van der Waals surface area contributed by atoms with E-state index in [4.69, 9.17) is 16.3 Å². The van der Waals surface area contributed by atoms with Gasteiger partial charge < -0.3 is 4.74 Å². The summed E-state index contributed by atoms with van der Waals surface area (Å²) in [5, 5.41) is 2.37. The van der Waals surface area contributed by atoms with Crippen molar-refractivity contribution in [3.8, 4) is 5.75 Å². The third-order valence-corrected chi connectivity index (χ3v) is 5.25. The Morgan fingerprint density at radius 1 is 1.26 bits per heavy atom. The lowest BCUT2D eigenvalue weighted by Gasteiger charge is -2.21. The number of imide groups is 1. The molecule has 3 rings (SSSR count). The first kappa shape index (κ1) is 16.4. The number of halogens is 1. The van der Waals surface area contributed by atoms with Crippen LogP contribution in [0.25, 0.3) is 6.08 Å². The molecule has 0 radical (unpaired) electrons. The van der Waals surface area contributed by atoms with Crippen molar-refractivity contribution in [1.82, 2.24) is 5.32 Å². The largest absolute Gasteiger partial charge is 0.493 e. The molecule has 2 fully saturated rings. The van der Waals surface area contributed by atoms with Crippen LogP contribution in [-0.2, 0) is 4.79 Å².